The van der Waals surface area contributed by atoms with Gasteiger partial charge in [-0.2, -0.15) is 0 Å². The molecule has 1 atom stereocenters. The van der Waals surface area contributed by atoms with Crippen molar-refractivity contribution in [3.8, 4) is 0 Å². The van der Waals surface area contributed by atoms with E-state index >= 15 is 0 Å². The second-order valence-corrected chi connectivity index (χ2v) is 6.22. The maximum atomic E-state index is 13.3. The van der Waals surface area contributed by atoms with E-state index in [9.17, 15) is 8.78 Å². The van der Waals surface area contributed by atoms with Gasteiger partial charge in [-0.3, -0.25) is 4.90 Å². The van der Waals surface area contributed by atoms with E-state index in [-0.39, 0.29) is 6.04 Å². The Morgan fingerprint density at radius 3 is 2.59 bits per heavy atom. The molecule has 3 nitrogen and oxygen atoms in total. The lowest BCUT2D eigenvalue weighted by Gasteiger charge is -2.22. The molecule has 0 spiro atoms. The number of hydrogen-bond donors (Lipinski definition) is 0. The average Bonchev–Trinajstić information content (AvgIpc) is 3.05. The quantitative estimate of drug-likeness (QED) is 0.837. The third-order valence-electron chi connectivity index (χ3n) is 4.14. The number of rotatable bonds is 4. The third-order valence-corrected chi connectivity index (χ3v) is 4.14. The van der Waals surface area contributed by atoms with Crippen LogP contribution < -0.4 is 0 Å². The Morgan fingerprint density at radius 2 is 1.95 bits per heavy atom. The molecular weight excluding hydrogens is 286 g/mol. The normalized spacial score (nSPS) is 19.2. The molecule has 0 saturated carbocycles. The monoisotopic (exact) mass is 306 g/mol. The zero-order chi connectivity index (χ0) is 15.7. The van der Waals surface area contributed by atoms with Crippen molar-refractivity contribution < 1.29 is 13.3 Å². The predicted molar refractivity (Wildman–Crippen MR) is 79.3 cm³/mol. The lowest BCUT2D eigenvalue weighted by Crippen LogP contribution is -2.22. The summed E-state index contributed by atoms with van der Waals surface area (Å²) in [7, 11) is 0. The summed E-state index contributed by atoms with van der Waals surface area (Å²) < 4.78 is 32.1. The molecule has 1 unspecified atom stereocenters. The lowest BCUT2D eigenvalue weighted by atomic mass is 10.1. The highest BCUT2D eigenvalue weighted by Gasteiger charge is 2.29. The summed E-state index contributed by atoms with van der Waals surface area (Å²) in [4.78, 5) is 2.19. The molecule has 1 aromatic heterocycles. The van der Waals surface area contributed by atoms with Crippen molar-refractivity contribution in [2.24, 2.45) is 0 Å². The molecule has 1 saturated heterocycles. The van der Waals surface area contributed by atoms with Crippen LogP contribution in [0.4, 0.5) is 8.78 Å². The summed E-state index contributed by atoms with van der Waals surface area (Å²) in [5.74, 6) is 0.0998. The van der Waals surface area contributed by atoms with Gasteiger partial charge in [0, 0.05) is 18.7 Å². The Morgan fingerprint density at radius 1 is 1.23 bits per heavy atom. The van der Waals surface area contributed by atoms with Crippen molar-refractivity contribution in [2.75, 3.05) is 6.54 Å². The summed E-state index contributed by atoms with van der Waals surface area (Å²) in [5.41, 5.74) is 1.59. The SMILES string of the molecule is CC(C)c1cc(C2CCCN2Cc2cc(F)cc(F)c2)on1. The van der Waals surface area contributed by atoms with Crippen molar-refractivity contribution >= 4 is 0 Å². The van der Waals surface area contributed by atoms with Crippen LogP contribution in [0.1, 0.15) is 55.7 Å². The van der Waals surface area contributed by atoms with E-state index in [1.54, 1.807) is 0 Å². The van der Waals surface area contributed by atoms with Gasteiger partial charge < -0.3 is 4.52 Å². The maximum Gasteiger partial charge on any atom is 0.154 e. The Kier molecular flexibility index (Phi) is 4.25. The van der Waals surface area contributed by atoms with Gasteiger partial charge in [0.05, 0.1) is 11.7 Å². The fourth-order valence-corrected chi connectivity index (χ4v) is 3.01. The van der Waals surface area contributed by atoms with Crippen molar-refractivity contribution in [3.05, 3.63) is 52.9 Å². The summed E-state index contributed by atoms with van der Waals surface area (Å²) in [6, 6.07) is 5.80. The van der Waals surface area contributed by atoms with Gasteiger partial charge in [0.2, 0.25) is 0 Å². The van der Waals surface area contributed by atoms with E-state index in [4.69, 9.17) is 4.52 Å². The molecule has 5 heteroatoms. The van der Waals surface area contributed by atoms with Crippen molar-refractivity contribution in [1.82, 2.24) is 10.1 Å². The predicted octanol–water partition coefficient (Wildman–Crippen LogP) is 4.41. The molecule has 1 aliphatic rings. The molecule has 1 aromatic carbocycles. The molecule has 3 rings (SSSR count). The molecular formula is C17H20F2N2O. The molecule has 0 N–H and O–H groups in total. The summed E-state index contributed by atoms with van der Waals surface area (Å²) in [6.07, 6.45) is 2.02. The van der Waals surface area contributed by atoms with Gasteiger partial charge in [-0.05, 0) is 43.0 Å². The topological polar surface area (TPSA) is 29.3 Å². The largest absolute Gasteiger partial charge is 0.359 e. The van der Waals surface area contributed by atoms with Crippen molar-refractivity contribution in [1.29, 1.82) is 0 Å². The number of nitrogens with zero attached hydrogens (tertiary/aromatic N) is 2. The van der Waals surface area contributed by atoms with E-state index in [0.29, 0.717) is 18.0 Å². The second kappa shape index (κ2) is 6.16. The van der Waals surface area contributed by atoms with Gasteiger partial charge in [-0.25, -0.2) is 8.78 Å². The second-order valence-electron chi connectivity index (χ2n) is 6.22. The van der Waals surface area contributed by atoms with Crippen LogP contribution in [0, 0.1) is 11.6 Å². The first kappa shape index (κ1) is 15.2. The smallest absolute Gasteiger partial charge is 0.154 e. The van der Waals surface area contributed by atoms with Crippen LogP contribution in [-0.2, 0) is 6.54 Å². The fourth-order valence-electron chi connectivity index (χ4n) is 3.01. The highest BCUT2D eigenvalue weighted by atomic mass is 19.1. The molecule has 118 valence electrons. The average molecular weight is 306 g/mol. The highest BCUT2D eigenvalue weighted by molar-refractivity contribution is 5.19. The van der Waals surface area contributed by atoms with E-state index in [0.717, 1.165) is 36.9 Å². The first-order chi connectivity index (χ1) is 10.5. The van der Waals surface area contributed by atoms with Gasteiger partial charge in [-0.15, -0.1) is 0 Å². The van der Waals surface area contributed by atoms with Crippen LogP contribution in [0.25, 0.3) is 0 Å². The Hall–Kier alpha value is -1.75. The Bertz CT molecular complexity index is 634. The molecule has 2 heterocycles. The van der Waals surface area contributed by atoms with E-state index < -0.39 is 11.6 Å². The number of aromatic nitrogens is 1. The third kappa shape index (κ3) is 3.19. The van der Waals surface area contributed by atoms with E-state index in [1.807, 2.05) is 6.07 Å². The zero-order valence-electron chi connectivity index (χ0n) is 12.9. The number of hydrogen-bond acceptors (Lipinski definition) is 3. The van der Waals surface area contributed by atoms with Crippen LogP contribution >= 0.6 is 0 Å². The molecule has 1 fully saturated rings. The van der Waals surface area contributed by atoms with Gasteiger partial charge in [0.1, 0.15) is 11.6 Å². The zero-order valence-corrected chi connectivity index (χ0v) is 12.9. The van der Waals surface area contributed by atoms with Crippen molar-refractivity contribution in [3.63, 3.8) is 0 Å². The molecule has 0 radical (unpaired) electrons. The van der Waals surface area contributed by atoms with Crippen LogP contribution in [0.5, 0.6) is 0 Å². The molecule has 22 heavy (non-hydrogen) atoms. The van der Waals surface area contributed by atoms with Gasteiger partial charge >= 0.3 is 0 Å². The maximum absolute atomic E-state index is 13.3. The summed E-state index contributed by atoms with van der Waals surface area (Å²) in [5, 5.41) is 4.11. The number of likely N-dealkylation sites (tertiary alicyclic amines) is 1. The molecule has 2 aromatic rings. The lowest BCUT2D eigenvalue weighted by molar-refractivity contribution is 0.206. The first-order valence-corrected chi connectivity index (χ1v) is 7.68. The minimum Gasteiger partial charge on any atom is -0.359 e. The number of halogens is 2. The molecule has 0 amide bonds. The first-order valence-electron chi connectivity index (χ1n) is 7.68. The summed E-state index contributed by atoms with van der Waals surface area (Å²) >= 11 is 0. The van der Waals surface area contributed by atoms with Crippen LogP contribution in [0.15, 0.2) is 28.8 Å². The standard InChI is InChI=1S/C17H20F2N2O/c1-11(2)15-9-17(22-20-15)16-4-3-5-21(16)10-12-6-13(18)8-14(19)7-12/h6-9,11,16H,3-5,10H2,1-2H3. The van der Waals surface area contributed by atoms with E-state index in [2.05, 4.69) is 23.9 Å². The van der Waals surface area contributed by atoms with Crippen molar-refractivity contribution in [2.45, 2.75) is 45.2 Å². The molecule has 1 aliphatic heterocycles. The Balaban J connectivity index is 1.77. The van der Waals surface area contributed by atoms with Gasteiger partial charge in [0.15, 0.2) is 5.76 Å². The van der Waals surface area contributed by atoms with Gasteiger partial charge in [0.25, 0.3) is 0 Å². The summed E-state index contributed by atoms with van der Waals surface area (Å²) in [6.45, 7) is 5.55. The minimum atomic E-state index is -0.535. The van der Waals surface area contributed by atoms with Crippen LogP contribution in [-0.4, -0.2) is 16.6 Å². The molecule has 0 aliphatic carbocycles. The highest BCUT2D eigenvalue weighted by Crippen LogP contribution is 2.34. The molecule has 0 bridgehead atoms. The fraction of sp³-hybridized carbons (Fsp3) is 0.471. The minimum absolute atomic E-state index is 0.131. The Labute approximate surface area is 128 Å². The van der Waals surface area contributed by atoms with Crippen LogP contribution in [0.3, 0.4) is 0 Å². The van der Waals surface area contributed by atoms with Gasteiger partial charge in [-0.1, -0.05) is 19.0 Å². The van der Waals surface area contributed by atoms with E-state index in [1.165, 1.54) is 12.1 Å². The number of benzene rings is 1. The van der Waals surface area contributed by atoms with Crippen LogP contribution in [0.2, 0.25) is 0 Å².